The standard InChI is InChI=1S/C19H16F3N5O2/c1-11-16(27(25-24-11)14-5-3-13(20)4-6-14)10-29-17-7-2-12-8-26(9-15(12)23-17)19(28)18(21)22/h2-7,18H,8-10H2,1H3. The molecule has 4 rings (SSSR count). The van der Waals surface area contributed by atoms with Crippen LogP contribution in [0.2, 0.25) is 0 Å². The number of carbonyl (C=O) groups excluding carboxylic acids is 1. The number of alkyl halides is 2. The average Bonchev–Trinajstić information content (AvgIpc) is 3.29. The van der Waals surface area contributed by atoms with Crippen LogP contribution in [0.15, 0.2) is 36.4 Å². The van der Waals surface area contributed by atoms with Crippen LogP contribution in [0.5, 0.6) is 5.88 Å². The van der Waals surface area contributed by atoms with E-state index in [0.717, 1.165) is 4.90 Å². The Bertz CT molecular complexity index is 1050. The number of pyridine rings is 1. The number of carbonyl (C=O) groups is 1. The highest BCUT2D eigenvalue weighted by atomic mass is 19.3. The zero-order valence-electron chi connectivity index (χ0n) is 15.3. The molecule has 0 N–H and O–H groups in total. The number of aryl methyl sites for hydroxylation is 1. The molecule has 0 radical (unpaired) electrons. The van der Waals surface area contributed by atoms with E-state index in [2.05, 4.69) is 15.3 Å². The highest BCUT2D eigenvalue weighted by molar-refractivity contribution is 5.79. The fourth-order valence-corrected chi connectivity index (χ4v) is 3.08. The minimum atomic E-state index is -3.04. The summed E-state index contributed by atoms with van der Waals surface area (Å²) in [5.41, 5.74) is 3.17. The zero-order valence-corrected chi connectivity index (χ0v) is 15.3. The molecular weight excluding hydrogens is 387 g/mol. The van der Waals surface area contributed by atoms with E-state index in [-0.39, 0.29) is 25.5 Å². The highest BCUT2D eigenvalue weighted by Gasteiger charge is 2.30. The first kappa shape index (κ1) is 18.9. The van der Waals surface area contributed by atoms with Crippen LogP contribution < -0.4 is 4.74 Å². The molecule has 7 nitrogen and oxygen atoms in total. The Labute approximate surface area is 163 Å². The van der Waals surface area contributed by atoms with E-state index in [1.807, 2.05) is 0 Å². The van der Waals surface area contributed by atoms with Crippen molar-refractivity contribution < 1.29 is 22.7 Å². The molecule has 1 aromatic carbocycles. The summed E-state index contributed by atoms with van der Waals surface area (Å²) in [7, 11) is 0. The van der Waals surface area contributed by atoms with Crippen molar-refractivity contribution in [1.82, 2.24) is 24.9 Å². The second kappa shape index (κ2) is 7.53. The van der Waals surface area contributed by atoms with Gasteiger partial charge in [0.2, 0.25) is 5.88 Å². The summed E-state index contributed by atoms with van der Waals surface area (Å²) < 4.78 is 45.7. The molecule has 0 saturated heterocycles. The van der Waals surface area contributed by atoms with Crippen molar-refractivity contribution in [2.75, 3.05) is 0 Å². The molecule has 0 aliphatic carbocycles. The molecule has 1 amide bonds. The second-order valence-electron chi connectivity index (χ2n) is 6.55. The minimum absolute atomic E-state index is 0.0177. The summed E-state index contributed by atoms with van der Waals surface area (Å²) in [4.78, 5) is 16.9. The third-order valence-electron chi connectivity index (χ3n) is 4.63. The predicted molar refractivity (Wildman–Crippen MR) is 94.9 cm³/mol. The Morgan fingerprint density at radius 2 is 1.93 bits per heavy atom. The van der Waals surface area contributed by atoms with Gasteiger partial charge in [0.1, 0.15) is 18.1 Å². The van der Waals surface area contributed by atoms with Gasteiger partial charge in [0.05, 0.1) is 23.6 Å². The van der Waals surface area contributed by atoms with Gasteiger partial charge >= 0.3 is 6.43 Å². The Kier molecular flexibility index (Phi) is 4.91. The van der Waals surface area contributed by atoms with Gasteiger partial charge < -0.3 is 9.64 Å². The third-order valence-corrected chi connectivity index (χ3v) is 4.63. The molecule has 1 aliphatic rings. The molecule has 29 heavy (non-hydrogen) atoms. The highest BCUT2D eigenvalue weighted by Crippen LogP contribution is 2.25. The van der Waals surface area contributed by atoms with Crippen LogP contribution in [0.25, 0.3) is 5.69 Å². The molecule has 0 unspecified atom stereocenters. The van der Waals surface area contributed by atoms with Gasteiger partial charge in [-0.25, -0.2) is 14.1 Å². The normalized spacial score (nSPS) is 13.1. The first-order valence-corrected chi connectivity index (χ1v) is 8.78. The first-order valence-electron chi connectivity index (χ1n) is 8.78. The summed E-state index contributed by atoms with van der Waals surface area (Å²) >= 11 is 0. The average molecular weight is 403 g/mol. The number of nitrogens with zero attached hydrogens (tertiary/aromatic N) is 5. The van der Waals surface area contributed by atoms with E-state index in [1.54, 1.807) is 35.9 Å². The molecule has 0 fully saturated rings. The van der Waals surface area contributed by atoms with E-state index in [4.69, 9.17) is 4.74 Å². The molecule has 0 bridgehead atoms. The van der Waals surface area contributed by atoms with Crippen LogP contribution in [0.4, 0.5) is 13.2 Å². The maximum Gasteiger partial charge on any atom is 0.315 e. The van der Waals surface area contributed by atoms with Gasteiger partial charge in [-0.1, -0.05) is 5.21 Å². The van der Waals surface area contributed by atoms with Gasteiger partial charge in [0.15, 0.2) is 0 Å². The van der Waals surface area contributed by atoms with Crippen molar-refractivity contribution >= 4 is 5.91 Å². The van der Waals surface area contributed by atoms with Crippen molar-refractivity contribution in [2.24, 2.45) is 0 Å². The lowest BCUT2D eigenvalue weighted by atomic mass is 10.2. The SMILES string of the molecule is Cc1nnn(-c2ccc(F)cc2)c1COc1ccc2c(n1)CN(C(=O)C(F)F)C2. The number of ether oxygens (including phenoxy) is 1. The molecule has 3 aromatic rings. The van der Waals surface area contributed by atoms with Crippen molar-refractivity contribution in [3.63, 3.8) is 0 Å². The number of aromatic nitrogens is 4. The monoisotopic (exact) mass is 403 g/mol. The quantitative estimate of drug-likeness (QED) is 0.655. The Morgan fingerprint density at radius 1 is 1.17 bits per heavy atom. The lowest BCUT2D eigenvalue weighted by Crippen LogP contribution is -2.30. The molecular formula is C19H16F3N5O2. The molecule has 3 heterocycles. The van der Waals surface area contributed by atoms with E-state index < -0.39 is 12.3 Å². The topological polar surface area (TPSA) is 73.1 Å². The second-order valence-corrected chi connectivity index (χ2v) is 6.55. The van der Waals surface area contributed by atoms with Crippen molar-refractivity contribution in [3.8, 4) is 11.6 Å². The molecule has 1 aliphatic heterocycles. The number of hydrogen-bond donors (Lipinski definition) is 0. The van der Waals surface area contributed by atoms with Gasteiger partial charge in [-0.3, -0.25) is 4.79 Å². The molecule has 150 valence electrons. The number of halogens is 3. The number of fused-ring (bicyclic) bond motifs is 1. The number of rotatable bonds is 5. The van der Waals surface area contributed by atoms with Gasteiger partial charge in [0.25, 0.3) is 5.91 Å². The molecule has 0 atom stereocenters. The summed E-state index contributed by atoms with van der Waals surface area (Å²) in [6, 6.07) is 9.14. The maximum absolute atomic E-state index is 13.2. The fourth-order valence-electron chi connectivity index (χ4n) is 3.08. The molecule has 10 heteroatoms. The van der Waals surface area contributed by atoms with Gasteiger partial charge in [-0.05, 0) is 42.8 Å². The molecule has 0 spiro atoms. The van der Waals surface area contributed by atoms with Gasteiger partial charge in [0, 0.05) is 12.6 Å². The van der Waals surface area contributed by atoms with Gasteiger partial charge in [-0.15, -0.1) is 5.10 Å². The largest absolute Gasteiger partial charge is 0.471 e. The Morgan fingerprint density at radius 3 is 2.66 bits per heavy atom. The minimum Gasteiger partial charge on any atom is -0.471 e. The third kappa shape index (κ3) is 3.78. The predicted octanol–water partition coefficient (Wildman–Crippen LogP) is 2.80. The summed E-state index contributed by atoms with van der Waals surface area (Å²) in [6.45, 7) is 1.99. The maximum atomic E-state index is 13.2. The first-order chi connectivity index (χ1) is 13.9. The number of hydrogen-bond acceptors (Lipinski definition) is 5. The lowest BCUT2D eigenvalue weighted by molar-refractivity contribution is -0.143. The van der Waals surface area contributed by atoms with Crippen molar-refractivity contribution in [3.05, 3.63) is 64.9 Å². The van der Waals surface area contributed by atoms with Crippen molar-refractivity contribution in [2.45, 2.75) is 33.0 Å². The van der Waals surface area contributed by atoms with Gasteiger partial charge in [-0.2, -0.15) is 8.78 Å². The number of amides is 1. The number of benzene rings is 1. The van der Waals surface area contributed by atoms with E-state index in [9.17, 15) is 18.0 Å². The molecule has 0 saturated carbocycles. The van der Waals surface area contributed by atoms with Crippen LogP contribution in [-0.4, -0.2) is 37.2 Å². The zero-order chi connectivity index (χ0) is 20.5. The van der Waals surface area contributed by atoms with Crippen LogP contribution in [0.1, 0.15) is 22.6 Å². The lowest BCUT2D eigenvalue weighted by Gasteiger charge is -2.13. The Hall–Kier alpha value is -3.43. The summed E-state index contributed by atoms with van der Waals surface area (Å²) in [6.07, 6.45) is -3.04. The van der Waals surface area contributed by atoms with E-state index in [0.29, 0.717) is 34.2 Å². The van der Waals surface area contributed by atoms with E-state index in [1.165, 1.54) is 12.1 Å². The van der Waals surface area contributed by atoms with Crippen LogP contribution in [0.3, 0.4) is 0 Å². The van der Waals surface area contributed by atoms with Crippen LogP contribution in [-0.2, 0) is 24.5 Å². The summed E-state index contributed by atoms with van der Waals surface area (Å²) in [5.74, 6) is -1.28. The van der Waals surface area contributed by atoms with Crippen LogP contribution in [0, 0.1) is 12.7 Å². The van der Waals surface area contributed by atoms with Crippen LogP contribution >= 0.6 is 0 Å². The fraction of sp³-hybridized carbons (Fsp3) is 0.263. The molecule has 2 aromatic heterocycles. The Balaban J connectivity index is 1.49. The smallest absolute Gasteiger partial charge is 0.315 e. The van der Waals surface area contributed by atoms with Crippen molar-refractivity contribution in [1.29, 1.82) is 0 Å². The van der Waals surface area contributed by atoms with E-state index >= 15 is 0 Å². The summed E-state index contributed by atoms with van der Waals surface area (Å²) in [5, 5.41) is 8.10.